The van der Waals surface area contributed by atoms with Crippen molar-refractivity contribution in [3.8, 4) is 0 Å². The molecular formula is C19H22ClFN2O3S. The van der Waals surface area contributed by atoms with E-state index in [9.17, 15) is 12.8 Å². The van der Waals surface area contributed by atoms with E-state index in [1.54, 1.807) is 0 Å². The normalized spacial score (nSPS) is 17.0. The van der Waals surface area contributed by atoms with E-state index in [2.05, 4.69) is 9.62 Å². The van der Waals surface area contributed by atoms with Crippen molar-refractivity contribution in [2.75, 3.05) is 32.8 Å². The first kappa shape index (κ1) is 20.2. The topological polar surface area (TPSA) is 58.6 Å². The van der Waals surface area contributed by atoms with Crippen LogP contribution < -0.4 is 4.72 Å². The molecule has 0 saturated carbocycles. The summed E-state index contributed by atoms with van der Waals surface area (Å²) in [6.07, 6.45) is 0. The zero-order valence-electron chi connectivity index (χ0n) is 15.0. The molecule has 2 aromatic rings. The number of rotatable bonds is 6. The second kappa shape index (κ2) is 8.67. The van der Waals surface area contributed by atoms with E-state index in [1.165, 1.54) is 6.07 Å². The average Bonchev–Trinajstić information content (AvgIpc) is 2.66. The Labute approximate surface area is 164 Å². The molecule has 0 radical (unpaired) electrons. The minimum Gasteiger partial charge on any atom is -0.379 e. The summed E-state index contributed by atoms with van der Waals surface area (Å²) in [4.78, 5) is 2.15. The maximum absolute atomic E-state index is 13.3. The minimum atomic E-state index is -3.81. The SMILES string of the molecule is Cc1ccc(C(CNS(=O)(=O)c2ccc(F)c(Cl)c2)N2CCOCC2)cc1. The number of hydrogen-bond donors (Lipinski definition) is 1. The largest absolute Gasteiger partial charge is 0.379 e. The first-order chi connectivity index (χ1) is 12.9. The summed E-state index contributed by atoms with van der Waals surface area (Å²) in [5.74, 6) is -0.651. The fraction of sp³-hybridized carbons (Fsp3) is 0.368. The molecule has 0 aromatic heterocycles. The van der Waals surface area contributed by atoms with E-state index in [-0.39, 0.29) is 22.5 Å². The number of halogens is 2. The lowest BCUT2D eigenvalue weighted by Gasteiger charge is -2.35. The van der Waals surface area contributed by atoms with Crippen molar-refractivity contribution < 1.29 is 17.5 Å². The van der Waals surface area contributed by atoms with E-state index in [1.807, 2.05) is 31.2 Å². The van der Waals surface area contributed by atoms with Gasteiger partial charge in [-0.3, -0.25) is 4.90 Å². The molecule has 1 fully saturated rings. The van der Waals surface area contributed by atoms with Crippen molar-refractivity contribution in [2.45, 2.75) is 17.9 Å². The monoisotopic (exact) mass is 412 g/mol. The Hall–Kier alpha value is -1.51. The van der Waals surface area contributed by atoms with Crippen LogP contribution in [0.3, 0.4) is 0 Å². The fourth-order valence-electron chi connectivity index (χ4n) is 3.05. The van der Waals surface area contributed by atoms with E-state index >= 15 is 0 Å². The number of aryl methyl sites for hydroxylation is 1. The van der Waals surface area contributed by atoms with Crippen LogP contribution in [0.25, 0.3) is 0 Å². The third kappa shape index (κ3) is 5.06. The van der Waals surface area contributed by atoms with Crippen molar-refractivity contribution in [1.82, 2.24) is 9.62 Å². The Morgan fingerprint density at radius 1 is 1.19 bits per heavy atom. The van der Waals surface area contributed by atoms with E-state index in [4.69, 9.17) is 16.3 Å². The van der Waals surface area contributed by atoms with Gasteiger partial charge in [-0.1, -0.05) is 41.4 Å². The molecule has 1 atom stereocenters. The fourth-order valence-corrected chi connectivity index (χ4v) is 4.36. The molecule has 1 aliphatic heterocycles. The Kier molecular flexibility index (Phi) is 6.49. The highest BCUT2D eigenvalue weighted by molar-refractivity contribution is 7.89. The number of nitrogens with zero attached hydrogens (tertiary/aromatic N) is 1. The van der Waals surface area contributed by atoms with Crippen LogP contribution in [-0.4, -0.2) is 46.2 Å². The molecule has 0 bridgehead atoms. The van der Waals surface area contributed by atoms with E-state index < -0.39 is 15.8 Å². The van der Waals surface area contributed by atoms with Gasteiger partial charge in [0.15, 0.2) is 0 Å². The molecule has 3 rings (SSSR count). The van der Waals surface area contributed by atoms with Crippen LogP contribution in [0.5, 0.6) is 0 Å². The minimum absolute atomic E-state index is 0.0569. The second-order valence-corrected chi connectivity index (χ2v) is 8.68. The molecule has 8 heteroatoms. The standard InChI is InChI=1S/C19H22ClFN2O3S/c1-14-2-4-15(5-3-14)19(23-8-10-26-11-9-23)13-22-27(24,25)16-6-7-18(21)17(20)12-16/h2-7,12,19,22H,8-11,13H2,1H3. The Morgan fingerprint density at radius 2 is 1.85 bits per heavy atom. The van der Waals surface area contributed by atoms with Gasteiger partial charge in [-0.25, -0.2) is 17.5 Å². The summed E-state index contributed by atoms with van der Waals surface area (Å²) in [7, 11) is -3.81. The predicted octanol–water partition coefficient (Wildman–Crippen LogP) is 3.14. The zero-order valence-corrected chi connectivity index (χ0v) is 16.6. The lowest BCUT2D eigenvalue weighted by Crippen LogP contribution is -2.43. The highest BCUT2D eigenvalue weighted by Crippen LogP contribution is 2.24. The molecule has 146 valence electrons. The maximum atomic E-state index is 13.3. The number of morpholine rings is 1. The molecule has 1 aliphatic rings. The van der Waals surface area contributed by atoms with Crippen LogP contribution >= 0.6 is 11.6 Å². The summed E-state index contributed by atoms with van der Waals surface area (Å²) >= 11 is 5.73. The maximum Gasteiger partial charge on any atom is 0.240 e. The number of sulfonamides is 1. The highest BCUT2D eigenvalue weighted by Gasteiger charge is 2.25. The predicted molar refractivity (Wildman–Crippen MR) is 103 cm³/mol. The van der Waals surface area contributed by atoms with Crippen LogP contribution in [0.1, 0.15) is 17.2 Å². The summed E-state index contributed by atoms with van der Waals surface area (Å²) in [6, 6.07) is 11.3. The molecule has 5 nitrogen and oxygen atoms in total. The number of ether oxygens (including phenoxy) is 1. The van der Waals surface area contributed by atoms with Crippen LogP contribution in [0.4, 0.5) is 4.39 Å². The highest BCUT2D eigenvalue weighted by atomic mass is 35.5. The average molecular weight is 413 g/mol. The van der Waals surface area contributed by atoms with Gasteiger partial charge in [-0.15, -0.1) is 0 Å². The van der Waals surface area contributed by atoms with Gasteiger partial charge in [0.05, 0.1) is 23.1 Å². The van der Waals surface area contributed by atoms with Crippen molar-refractivity contribution in [3.63, 3.8) is 0 Å². The first-order valence-electron chi connectivity index (χ1n) is 8.70. The van der Waals surface area contributed by atoms with Gasteiger partial charge in [-0.2, -0.15) is 0 Å². The van der Waals surface area contributed by atoms with Gasteiger partial charge in [0, 0.05) is 25.7 Å². The quantitative estimate of drug-likeness (QED) is 0.791. The van der Waals surface area contributed by atoms with Gasteiger partial charge >= 0.3 is 0 Å². The van der Waals surface area contributed by atoms with E-state index in [0.29, 0.717) is 13.2 Å². The smallest absolute Gasteiger partial charge is 0.240 e. The van der Waals surface area contributed by atoms with Gasteiger partial charge < -0.3 is 4.74 Å². The number of hydrogen-bond acceptors (Lipinski definition) is 4. The summed E-state index contributed by atoms with van der Waals surface area (Å²) in [5, 5.41) is -0.221. The molecule has 0 aliphatic carbocycles. The number of nitrogens with one attached hydrogen (secondary N) is 1. The summed E-state index contributed by atoms with van der Waals surface area (Å²) < 4.78 is 46.7. The van der Waals surface area contributed by atoms with Crippen LogP contribution in [0, 0.1) is 12.7 Å². The van der Waals surface area contributed by atoms with E-state index in [0.717, 1.165) is 36.3 Å². The molecular weight excluding hydrogens is 391 g/mol. The zero-order chi connectivity index (χ0) is 19.4. The first-order valence-corrected chi connectivity index (χ1v) is 10.6. The van der Waals surface area contributed by atoms with Crippen molar-refractivity contribution >= 4 is 21.6 Å². The Balaban J connectivity index is 1.80. The van der Waals surface area contributed by atoms with Gasteiger partial charge in [-0.05, 0) is 30.7 Å². The van der Waals surface area contributed by atoms with Gasteiger partial charge in [0.2, 0.25) is 10.0 Å². The number of benzene rings is 2. The molecule has 2 aromatic carbocycles. The Morgan fingerprint density at radius 3 is 2.48 bits per heavy atom. The summed E-state index contributed by atoms with van der Waals surface area (Å²) in [5.41, 5.74) is 2.17. The third-order valence-electron chi connectivity index (χ3n) is 4.62. The molecule has 0 spiro atoms. The second-order valence-electron chi connectivity index (χ2n) is 6.50. The van der Waals surface area contributed by atoms with Gasteiger partial charge in [0.25, 0.3) is 0 Å². The van der Waals surface area contributed by atoms with Crippen LogP contribution in [-0.2, 0) is 14.8 Å². The van der Waals surface area contributed by atoms with Crippen LogP contribution in [0.15, 0.2) is 47.4 Å². The molecule has 1 N–H and O–H groups in total. The molecule has 1 unspecified atom stereocenters. The molecule has 1 saturated heterocycles. The third-order valence-corrected chi connectivity index (χ3v) is 6.33. The van der Waals surface area contributed by atoms with Crippen molar-refractivity contribution in [2.24, 2.45) is 0 Å². The Bertz CT molecular complexity index is 884. The van der Waals surface area contributed by atoms with Crippen molar-refractivity contribution in [1.29, 1.82) is 0 Å². The van der Waals surface area contributed by atoms with Gasteiger partial charge in [0.1, 0.15) is 5.82 Å². The van der Waals surface area contributed by atoms with Crippen LogP contribution in [0.2, 0.25) is 5.02 Å². The lowest BCUT2D eigenvalue weighted by atomic mass is 10.0. The lowest BCUT2D eigenvalue weighted by molar-refractivity contribution is 0.0172. The molecule has 0 amide bonds. The summed E-state index contributed by atoms with van der Waals surface area (Å²) in [6.45, 7) is 4.88. The van der Waals surface area contributed by atoms with Crippen molar-refractivity contribution in [3.05, 3.63) is 64.4 Å². The molecule has 27 heavy (non-hydrogen) atoms. The molecule has 1 heterocycles.